The topological polar surface area (TPSA) is 117 Å². The van der Waals surface area contributed by atoms with E-state index in [9.17, 15) is 27.6 Å². The molecule has 0 saturated carbocycles. The van der Waals surface area contributed by atoms with Crippen LogP contribution in [-0.4, -0.2) is 70.7 Å². The lowest BCUT2D eigenvalue weighted by Gasteiger charge is -2.47. The van der Waals surface area contributed by atoms with Gasteiger partial charge in [-0.05, 0) is 27.2 Å². The molecule has 3 heterocycles. The van der Waals surface area contributed by atoms with Crippen molar-refractivity contribution in [1.29, 1.82) is 0 Å². The summed E-state index contributed by atoms with van der Waals surface area (Å²) in [4.78, 5) is 46.5. The molecule has 1 spiro atoms. The molecule has 0 aromatic carbocycles. The molecule has 2 fully saturated rings. The lowest BCUT2D eigenvalue weighted by Crippen LogP contribution is -2.60. The number of halogens is 3. The number of carbonyl (C=O) groups is 3. The monoisotopic (exact) mass is 444 g/mol. The van der Waals surface area contributed by atoms with Crippen LogP contribution in [0.15, 0.2) is 12.4 Å². The summed E-state index contributed by atoms with van der Waals surface area (Å²) in [5.74, 6) is -2.95. The van der Waals surface area contributed by atoms with Crippen LogP contribution in [0.5, 0.6) is 0 Å². The third-order valence-corrected chi connectivity index (χ3v) is 4.87. The largest absolute Gasteiger partial charge is 0.472 e. The van der Waals surface area contributed by atoms with Gasteiger partial charge in [-0.25, -0.2) is 9.78 Å². The minimum absolute atomic E-state index is 0.114. The Hall–Kier alpha value is -3.12. The molecule has 0 unspecified atom stereocenters. The van der Waals surface area contributed by atoms with Crippen molar-refractivity contribution in [2.24, 2.45) is 5.41 Å². The summed E-state index contributed by atoms with van der Waals surface area (Å²) in [5.41, 5.74) is 2.01. The SMILES string of the molecule is CC(C)(C)OC(=O)N1CC2(CCN(c3cncc(C(=O)NNC(=O)C(F)(F)F)n3)C2)C1. The van der Waals surface area contributed by atoms with Gasteiger partial charge in [0.05, 0.1) is 12.4 Å². The molecule has 170 valence electrons. The molecule has 1 aromatic heterocycles. The maximum Gasteiger partial charge on any atom is 0.472 e. The zero-order valence-corrected chi connectivity index (χ0v) is 17.2. The first kappa shape index (κ1) is 22.6. The van der Waals surface area contributed by atoms with Crippen LogP contribution in [0.25, 0.3) is 0 Å². The first-order chi connectivity index (χ1) is 14.3. The lowest BCUT2D eigenvalue weighted by molar-refractivity contribution is -0.174. The standard InChI is InChI=1S/C18H23F3N6O4/c1-16(2,3)31-15(30)27-9-17(10-27)4-5-26(8-17)12-7-22-6-11(23-12)13(28)24-25-14(29)18(19,20)21/h6-7H,4-5,8-10H2,1-3H3,(H,24,28)(H,25,29). The van der Waals surface area contributed by atoms with Gasteiger partial charge in [-0.15, -0.1) is 0 Å². The molecule has 10 nitrogen and oxygen atoms in total. The Labute approximate surface area is 176 Å². The fourth-order valence-electron chi connectivity index (χ4n) is 3.47. The van der Waals surface area contributed by atoms with E-state index in [4.69, 9.17) is 4.74 Å². The van der Waals surface area contributed by atoms with E-state index < -0.39 is 23.6 Å². The Balaban J connectivity index is 1.56. The summed E-state index contributed by atoms with van der Waals surface area (Å²) in [6.45, 7) is 7.67. The molecular weight excluding hydrogens is 421 g/mol. The minimum atomic E-state index is -5.12. The van der Waals surface area contributed by atoms with Crippen LogP contribution < -0.4 is 15.8 Å². The van der Waals surface area contributed by atoms with E-state index in [1.54, 1.807) is 31.1 Å². The van der Waals surface area contributed by atoms with E-state index in [1.165, 1.54) is 11.6 Å². The van der Waals surface area contributed by atoms with Crippen LogP contribution in [-0.2, 0) is 9.53 Å². The van der Waals surface area contributed by atoms with E-state index in [0.29, 0.717) is 32.0 Å². The highest BCUT2D eigenvalue weighted by atomic mass is 19.4. The van der Waals surface area contributed by atoms with Gasteiger partial charge in [0, 0.05) is 31.6 Å². The zero-order chi connectivity index (χ0) is 23.0. The second-order valence-corrected chi connectivity index (χ2v) is 8.68. The number of rotatable bonds is 2. The van der Waals surface area contributed by atoms with Crippen molar-refractivity contribution in [1.82, 2.24) is 25.7 Å². The van der Waals surface area contributed by atoms with Gasteiger partial charge in [-0.1, -0.05) is 0 Å². The van der Waals surface area contributed by atoms with Gasteiger partial charge >= 0.3 is 18.2 Å². The molecule has 3 amide bonds. The van der Waals surface area contributed by atoms with E-state index in [0.717, 1.165) is 12.6 Å². The number of anilines is 1. The summed E-state index contributed by atoms with van der Waals surface area (Å²) in [6.07, 6.45) is -2.17. The molecule has 2 aliphatic heterocycles. The van der Waals surface area contributed by atoms with E-state index in [2.05, 4.69) is 9.97 Å². The minimum Gasteiger partial charge on any atom is -0.444 e. The van der Waals surface area contributed by atoms with Gasteiger partial charge in [0.25, 0.3) is 5.91 Å². The van der Waals surface area contributed by atoms with Crippen molar-refractivity contribution >= 4 is 23.7 Å². The molecular formula is C18H23F3N6O4. The highest BCUT2D eigenvalue weighted by Gasteiger charge is 2.50. The average molecular weight is 444 g/mol. The summed E-state index contributed by atoms with van der Waals surface area (Å²) in [5, 5.41) is 0. The van der Waals surface area contributed by atoms with Crippen molar-refractivity contribution in [2.75, 3.05) is 31.1 Å². The third-order valence-electron chi connectivity index (χ3n) is 4.87. The van der Waals surface area contributed by atoms with Gasteiger partial charge in [0.1, 0.15) is 11.4 Å². The number of amides is 3. The van der Waals surface area contributed by atoms with E-state index >= 15 is 0 Å². The van der Waals surface area contributed by atoms with Crippen molar-refractivity contribution < 1.29 is 32.3 Å². The second kappa shape index (κ2) is 7.85. The number of likely N-dealkylation sites (tertiary alicyclic amines) is 1. The van der Waals surface area contributed by atoms with Crippen molar-refractivity contribution in [3.05, 3.63) is 18.1 Å². The highest BCUT2D eigenvalue weighted by Crippen LogP contribution is 2.41. The Morgan fingerprint density at radius 3 is 2.39 bits per heavy atom. The lowest BCUT2D eigenvalue weighted by atomic mass is 9.79. The first-order valence-electron chi connectivity index (χ1n) is 9.50. The molecule has 0 bridgehead atoms. The second-order valence-electron chi connectivity index (χ2n) is 8.68. The molecule has 0 atom stereocenters. The molecule has 13 heteroatoms. The van der Waals surface area contributed by atoms with Gasteiger partial charge in [0.15, 0.2) is 5.69 Å². The number of hydrogen-bond donors (Lipinski definition) is 2. The van der Waals surface area contributed by atoms with Gasteiger partial charge in [0.2, 0.25) is 0 Å². The summed E-state index contributed by atoms with van der Waals surface area (Å²) < 4.78 is 42.0. The fourth-order valence-corrected chi connectivity index (χ4v) is 3.47. The number of ether oxygens (including phenoxy) is 1. The number of alkyl halides is 3. The van der Waals surface area contributed by atoms with Crippen LogP contribution >= 0.6 is 0 Å². The van der Waals surface area contributed by atoms with Crippen LogP contribution in [0.2, 0.25) is 0 Å². The Kier molecular flexibility index (Phi) is 5.72. The molecule has 3 rings (SSSR count). The van der Waals surface area contributed by atoms with Gasteiger partial charge < -0.3 is 14.5 Å². The molecule has 0 aliphatic carbocycles. The molecule has 2 N–H and O–H groups in total. The normalized spacial score (nSPS) is 17.9. The maximum absolute atomic E-state index is 12.2. The number of nitrogens with one attached hydrogen (secondary N) is 2. The summed E-state index contributed by atoms with van der Waals surface area (Å²) in [7, 11) is 0. The number of nitrogens with zero attached hydrogens (tertiary/aromatic N) is 4. The van der Waals surface area contributed by atoms with E-state index in [1.807, 2.05) is 4.90 Å². The fraction of sp³-hybridized carbons (Fsp3) is 0.611. The Morgan fingerprint density at radius 1 is 1.10 bits per heavy atom. The quantitative estimate of drug-likeness (QED) is 0.660. The first-order valence-corrected chi connectivity index (χ1v) is 9.50. The predicted octanol–water partition coefficient (Wildman–Crippen LogP) is 1.25. The van der Waals surface area contributed by atoms with Crippen LogP contribution in [0.1, 0.15) is 37.7 Å². The van der Waals surface area contributed by atoms with Crippen molar-refractivity contribution in [3.63, 3.8) is 0 Å². The zero-order valence-electron chi connectivity index (χ0n) is 17.2. The molecule has 0 radical (unpaired) electrons. The van der Waals surface area contributed by atoms with Crippen molar-refractivity contribution in [3.8, 4) is 0 Å². The predicted molar refractivity (Wildman–Crippen MR) is 101 cm³/mol. The van der Waals surface area contributed by atoms with Crippen LogP contribution in [0.4, 0.5) is 23.8 Å². The molecule has 2 aliphatic rings. The number of hydrogen-bond acceptors (Lipinski definition) is 7. The Morgan fingerprint density at radius 2 is 1.77 bits per heavy atom. The van der Waals surface area contributed by atoms with Crippen LogP contribution in [0.3, 0.4) is 0 Å². The average Bonchev–Trinajstić information content (AvgIpc) is 3.08. The number of carbonyl (C=O) groups excluding carboxylic acids is 3. The van der Waals surface area contributed by atoms with Crippen LogP contribution in [0, 0.1) is 5.41 Å². The number of aromatic nitrogens is 2. The summed E-state index contributed by atoms with van der Waals surface area (Å²) >= 11 is 0. The van der Waals surface area contributed by atoms with Gasteiger partial charge in [-0.3, -0.25) is 25.4 Å². The maximum atomic E-state index is 12.2. The molecule has 2 saturated heterocycles. The molecule has 31 heavy (non-hydrogen) atoms. The number of hydrazine groups is 1. The Bertz CT molecular complexity index is 880. The third kappa shape index (κ3) is 5.33. The highest BCUT2D eigenvalue weighted by molar-refractivity contribution is 5.94. The molecule has 1 aromatic rings. The summed E-state index contributed by atoms with van der Waals surface area (Å²) in [6, 6.07) is 0. The van der Waals surface area contributed by atoms with E-state index in [-0.39, 0.29) is 17.2 Å². The van der Waals surface area contributed by atoms with Gasteiger partial charge in [-0.2, -0.15) is 13.2 Å². The smallest absolute Gasteiger partial charge is 0.444 e. The van der Waals surface area contributed by atoms with Crippen molar-refractivity contribution in [2.45, 2.75) is 39.0 Å².